The zero-order valence-corrected chi connectivity index (χ0v) is 69.8. The number of rotatable bonds is 16. The van der Waals surface area contributed by atoms with Gasteiger partial charge in [0.15, 0.2) is 47.1 Å². The normalized spacial score (nSPS) is 15.9. The summed E-state index contributed by atoms with van der Waals surface area (Å²) in [6, 6.07) is 40.1. The molecule has 12 nitrogen and oxygen atoms in total. The van der Waals surface area contributed by atoms with Crippen LogP contribution in [0.3, 0.4) is 0 Å². The Labute approximate surface area is 706 Å². The molecule has 0 unspecified atom stereocenters. The largest absolute Gasteiger partial charge is 0.437 e. The lowest BCUT2D eigenvalue weighted by molar-refractivity contribution is -0.661. The molecule has 12 heteroatoms. The molecule has 0 aliphatic carbocycles. The number of hydrogen-bond donors (Lipinski definition) is 0. The van der Waals surface area contributed by atoms with Crippen LogP contribution in [0, 0.1) is 79.0 Å². The number of aromatic nitrogens is 8. The highest BCUT2D eigenvalue weighted by molar-refractivity contribution is 6.12. The van der Waals surface area contributed by atoms with E-state index >= 15 is 0 Å². The maximum absolute atomic E-state index is 8.67. The first-order chi connectivity index (χ1) is 62.9. The third-order valence-electron chi connectivity index (χ3n) is 21.3. The zero-order chi connectivity index (χ0) is 101. The van der Waals surface area contributed by atoms with Gasteiger partial charge in [0.1, 0.15) is 28.2 Å². The average molecular weight is 1540 g/mol. The monoisotopic (exact) mass is 1540 g/mol. The summed E-state index contributed by atoms with van der Waals surface area (Å²) < 4.78 is 211. The molecule has 0 aliphatic rings. The van der Waals surface area contributed by atoms with Gasteiger partial charge < -0.3 is 17.7 Å². The number of nitrogens with zero attached hydrogens (tertiary/aromatic N) is 8. The molecule has 12 heterocycles. The van der Waals surface area contributed by atoms with Crippen molar-refractivity contribution in [1.29, 1.82) is 0 Å². The maximum Gasteiger partial charge on any atom is 0.227 e. The molecule has 0 radical (unpaired) electrons. The van der Waals surface area contributed by atoms with Crippen molar-refractivity contribution in [2.45, 2.75) is 202 Å². The summed E-state index contributed by atoms with van der Waals surface area (Å²) >= 11 is 0. The lowest BCUT2D eigenvalue weighted by Crippen LogP contribution is -2.32. The van der Waals surface area contributed by atoms with E-state index in [9.17, 15) is 0 Å². The Morgan fingerprint density at radius 3 is 0.816 bits per heavy atom. The third kappa shape index (κ3) is 16.4. The predicted molar refractivity (Wildman–Crippen MR) is 472 cm³/mol. The molecule has 4 aromatic carbocycles. The fourth-order valence-electron chi connectivity index (χ4n) is 15.1. The van der Waals surface area contributed by atoms with E-state index in [1.165, 1.54) is 12.4 Å². The highest BCUT2D eigenvalue weighted by atomic mass is 16.4. The molecule has 0 spiro atoms. The lowest BCUT2D eigenvalue weighted by Gasteiger charge is -2.11. The van der Waals surface area contributed by atoms with Gasteiger partial charge in [0.25, 0.3) is 0 Å². The van der Waals surface area contributed by atoms with Gasteiger partial charge in [-0.2, -0.15) is 0 Å². The van der Waals surface area contributed by atoms with E-state index in [2.05, 4.69) is 124 Å². The Kier molecular flexibility index (Phi) is 16.8. The minimum absolute atomic E-state index is 0.110. The second-order valence-electron chi connectivity index (χ2n) is 31.5. The maximum atomic E-state index is 8.67. The zero-order valence-electron chi connectivity index (χ0n) is 91.8. The van der Waals surface area contributed by atoms with Gasteiger partial charge in [-0.3, -0.25) is 0 Å². The van der Waals surface area contributed by atoms with Crippen LogP contribution in [0.4, 0.5) is 0 Å². The van der Waals surface area contributed by atoms with Crippen molar-refractivity contribution in [2.24, 2.45) is 51.8 Å². The van der Waals surface area contributed by atoms with Crippen LogP contribution in [0.1, 0.15) is 228 Å². The van der Waals surface area contributed by atoms with Crippen molar-refractivity contribution < 1.29 is 66.1 Å². The molecule has 114 heavy (non-hydrogen) atoms. The average Bonchev–Trinajstić information content (AvgIpc) is 0.957. The first kappa shape index (κ1) is 57.3. The Hall–Kier alpha value is -10.7. The van der Waals surface area contributed by atoms with E-state index < -0.39 is 64.7 Å². The van der Waals surface area contributed by atoms with E-state index in [0.717, 1.165) is 168 Å². The number of furan rings is 4. The summed E-state index contributed by atoms with van der Waals surface area (Å²) in [7, 11) is 7.29. The minimum atomic E-state index is -3.41. The third-order valence-corrected chi connectivity index (χ3v) is 21.3. The molecular formula is C102H120N8O4+4. The predicted octanol–water partition coefficient (Wildman–Crippen LogP) is 24.5. The first-order valence-corrected chi connectivity index (χ1v) is 39.3. The molecule has 0 bridgehead atoms. The highest BCUT2D eigenvalue weighted by Gasteiger charge is 2.29. The Morgan fingerprint density at radius 1 is 0.325 bits per heavy atom. The molecule has 0 saturated carbocycles. The number of fused-ring (bicyclic) bond motifs is 12. The standard InChI is InChI=1S/2C26H31N2O.2C25H29N2O/c2*1-15(2)12-19-14-28(7)23(13-18(19)6)24-17(5)8-9-20-21-10-11-22(16(3)4)27-26(21)29-25(20)24;2*1-7-19-9-11-21-20-10-8-16(4)23(24(20)28-25(21)26-19)22-13-17(5)18(12-15(2)3)14-27(22)6/h2*8-11,13-16H,12H2,1-7H3;2*8-11,13-15H,7,12H2,1-6H3/q4*+1/i1D3,2D3,12D2,15D;12D2;2D3,3D3,12D2,15D;12D2. The summed E-state index contributed by atoms with van der Waals surface area (Å²) in [6.07, 6.45) is -0.584. The van der Waals surface area contributed by atoms with Crippen molar-refractivity contribution in [1.82, 2.24) is 19.9 Å². The van der Waals surface area contributed by atoms with Crippen LogP contribution in [0.2, 0.25) is 0 Å². The summed E-state index contributed by atoms with van der Waals surface area (Å²) in [6.45, 7) is 21.7. The van der Waals surface area contributed by atoms with Gasteiger partial charge in [0.2, 0.25) is 45.6 Å². The molecule has 0 saturated heterocycles. The number of aryl methyl sites for hydroxylation is 14. The molecule has 0 N–H and O–H groups in total. The Balaban J connectivity index is 0.000000154. The molecular weight excluding hydrogens is 1400 g/mol. The smallest absolute Gasteiger partial charge is 0.227 e. The molecule has 0 fully saturated rings. The van der Waals surface area contributed by atoms with Gasteiger partial charge in [-0.25, -0.2) is 38.2 Å². The van der Waals surface area contributed by atoms with Gasteiger partial charge >= 0.3 is 0 Å². The fourth-order valence-corrected chi connectivity index (χ4v) is 15.1. The Morgan fingerprint density at radius 2 is 0.570 bits per heavy atom. The summed E-state index contributed by atoms with van der Waals surface area (Å²) in [5.41, 5.74) is 23.7. The lowest BCUT2D eigenvalue weighted by atomic mass is 9.96. The molecule has 588 valence electrons. The van der Waals surface area contributed by atoms with Crippen molar-refractivity contribution in [3.63, 3.8) is 0 Å². The summed E-state index contributed by atoms with van der Waals surface area (Å²) in [5, 5.41) is 7.64. The van der Waals surface area contributed by atoms with Crippen LogP contribution >= 0.6 is 0 Å². The molecule has 16 aromatic rings. The number of pyridine rings is 8. The van der Waals surface area contributed by atoms with Gasteiger partial charge in [-0.15, -0.1) is 0 Å². The van der Waals surface area contributed by atoms with Crippen LogP contribution in [0.25, 0.3) is 133 Å². The van der Waals surface area contributed by atoms with Gasteiger partial charge in [-0.05, 0) is 222 Å². The Bertz CT molecular complexity index is 7340. The fraction of sp³-hybridized carbons (Fsp3) is 0.373. The van der Waals surface area contributed by atoms with E-state index in [1.54, 1.807) is 49.2 Å². The van der Waals surface area contributed by atoms with Crippen molar-refractivity contribution in [3.8, 4) is 45.0 Å². The van der Waals surface area contributed by atoms with Crippen LogP contribution in [-0.4, -0.2) is 19.9 Å². The molecule has 0 amide bonds. The minimum Gasteiger partial charge on any atom is -0.437 e. The van der Waals surface area contributed by atoms with Crippen LogP contribution in [-0.2, 0) is 66.5 Å². The summed E-state index contributed by atoms with van der Waals surface area (Å²) in [5.74, 6) is -6.43. The van der Waals surface area contributed by atoms with Gasteiger partial charge in [0.05, 0.1) is 22.3 Å². The van der Waals surface area contributed by atoms with Gasteiger partial charge in [0, 0.05) is 143 Å². The van der Waals surface area contributed by atoms with Crippen molar-refractivity contribution in [2.75, 3.05) is 0 Å². The highest BCUT2D eigenvalue weighted by Crippen LogP contribution is 2.43. The van der Waals surface area contributed by atoms with Crippen LogP contribution in [0.5, 0.6) is 0 Å². The van der Waals surface area contributed by atoms with E-state index in [0.29, 0.717) is 62.5 Å². The second-order valence-corrected chi connectivity index (χ2v) is 31.5. The second kappa shape index (κ2) is 33.4. The number of benzene rings is 4. The first-order valence-electron chi connectivity index (χ1n) is 50.3. The SMILES string of the molecule is [2H]C([2H])([2H])C([2H])(C([2H])([2H])[2H])C([2H])([2H])c1c[n+](C)c(-c2c(C)ccc3c2oc2nc(C(C)C)ccc23)cc1C.[2H]C([2H])([2H])C([2H])(C([2H])([2H])[2H])C([2H])([2H])c1c[n+](C)c(-c2c(C)ccc3c2oc2nc(CC)ccc23)cc1C.[2H]C([2H])(c1c[n+](C)c(-c2c(C)ccc3c2oc2nc(C(C)C)ccc23)cc1C)C(C)C.[2H]C([2H])(c1c[n+](C)c(-c2c(C)ccc3c2oc2nc(CC)ccc23)cc1C)C(C)C. The van der Waals surface area contributed by atoms with E-state index in [4.69, 9.17) is 52.8 Å². The van der Waals surface area contributed by atoms with E-state index in [1.807, 2.05) is 146 Å². The van der Waals surface area contributed by atoms with Crippen molar-refractivity contribution >= 4 is 88.3 Å². The van der Waals surface area contributed by atoms with Crippen molar-refractivity contribution in [3.05, 3.63) is 236 Å². The summed E-state index contributed by atoms with van der Waals surface area (Å²) in [4.78, 5) is 18.7. The van der Waals surface area contributed by atoms with Gasteiger partial charge in [-0.1, -0.05) is 145 Å². The number of hydrogen-bond acceptors (Lipinski definition) is 8. The molecule has 0 atom stereocenters. The van der Waals surface area contributed by atoms with Crippen LogP contribution in [0.15, 0.2) is 164 Å². The van der Waals surface area contributed by atoms with E-state index in [-0.39, 0.29) is 28.9 Å². The van der Waals surface area contributed by atoms with Crippen LogP contribution < -0.4 is 18.3 Å². The quantitative estimate of drug-likeness (QED) is 0.0878. The topological polar surface area (TPSA) is 120 Å². The molecule has 16 rings (SSSR count). The molecule has 0 aliphatic heterocycles. The molecule has 12 aromatic heterocycles.